The topological polar surface area (TPSA) is 65.7 Å². The van der Waals surface area contributed by atoms with Crippen LogP contribution in [0.25, 0.3) is 22.3 Å². The number of carbonyl (C=O) groups is 1. The molecule has 4 rings (SSSR count). The SMILES string of the molecule is Cc1ccc(-c2cc(=O)c3cccc(Cl)c3o2)cc1OOC(=O)C1CCC1. The van der Waals surface area contributed by atoms with Crippen molar-refractivity contribution in [2.45, 2.75) is 26.2 Å². The highest BCUT2D eigenvalue weighted by Gasteiger charge is 2.28. The number of halogens is 1. The maximum atomic E-state index is 12.4. The summed E-state index contributed by atoms with van der Waals surface area (Å²) in [5, 5.41) is 0.786. The van der Waals surface area contributed by atoms with Crippen molar-refractivity contribution in [3.05, 3.63) is 63.3 Å². The van der Waals surface area contributed by atoms with Crippen molar-refractivity contribution in [3.63, 3.8) is 0 Å². The van der Waals surface area contributed by atoms with Crippen LogP contribution in [-0.2, 0) is 9.68 Å². The molecule has 0 radical (unpaired) electrons. The second-order valence-electron chi connectivity index (χ2n) is 6.69. The van der Waals surface area contributed by atoms with Crippen LogP contribution >= 0.6 is 11.6 Å². The average molecular weight is 385 g/mol. The zero-order valence-corrected chi connectivity index (χ0v) is 15.4. The molecule has 0 saturated heterocycles. The van der Waals surface area contributed by atoms with Crippen molar-refractivity contribution in [1.29, 1.82) is 0 Å². The van der Waals surface area contributed by atoms with Gasteiger partial charge in [-0.2, -0.15) is 0 Å². The summed E-state index contributed by atoms with van der Waals surface area (Å²) in [6.45, 7) is 1.84. The first kappa shape index (κ1) is 17.6. The van der Waals surface area contributed by atoms with E-state index in [0.29, 0.717) is 33.1 Å². The molecule has 0 N–H and O–H groups in total. The smallest absolute Gasteiger partial charge is 0.358 e. The zero-order chi connectivity index (χ0) is 19.0. The highest BCUT2D eigenvalue weighted by Crippen LogP contribution is 2.31. The molecule has 1 aliphatic carbocycles. The average Bonchev–Trinajstić information content (AvgIpc) is 2.60. The number of fused-ring (bicyclic) bond motifs is 1. The monoisotopic (exact) mass is 384 g/mol. The van der Waals surface area contributed by atoms with Gasteiger partial charge in [-0.3, -0.25) is 14.6 Å². The van der Waals surface area contributed by atoms with Gasteiger partial charge in [-0.1, -0.05) is 36.2 Å². The molecule has 27 heavy (non-hydrogen) atoms. The molecular weight excluding hydrogens is 368 g/mol. The predicted molar refractivity (Wildman–Crippen MR) is 102 cm³/mol. The molecule has 1 heterocycles. The fourth-order valence-electron chi connectivity index (χ4n) is 2.93. The van der Waals surface area contributed by atoms with Gasteiger partial charge in [0.15, 0.2) is 16.8 Å². The Kier molecular flexibility index (Phi) is 4.62. The molecule has 1 aliphatic rings. The summed E-state index contributed by atoms with van der Waals surface area (Å²) >= 11 is 6.16. The predicted octanol–water partition coefficient (Wildman–Crippen LogP) is 5.06. The van der Waals surface area contributed by atoms with E-state index in [9.17, 15) is 9.59 Å². The second kappa shape index (κ2) is 7.08. The minimum Gasteiger partial charge on any atom is -0.454 e. The maximum absolute atomic E-state index is 12.4. The van der Waals surface area contributed by atoms with Crippen LogP contribution < -0.4 is 10.3 Å². The molecule has 2 aromatic carbocycles. The van der Waals surface area contributed by atoms with Crippen LogP contribution in [0.2, 0.25) is 5.02 Å². The minimum absolute atomic E-state index is 0.0749. The molecule has 138 valence electrons. The Balaban J connectivity index is 1.66. The first-order chi connectivity index (χ1) is 13.0. The van der Waals surface area contributed by atoms with Gasteiger partial charge in [0.05, 0.1) is 16.3 Å². The Hall–Kier alpha value is -2.79. The first-order valence-electron chi connectivity index (χ1n) is 8.74. The van der Waals surface area contributed by atoms with Crippen molar-refractivity contribution in [1.82, 2.24) is 0 Å². The van der Waals surface area contributed by atoms with Gasteiger partial charge in [-0.25, -0.2) is 4.79 Å². The number of rotatable bonds is 4. The van der Waals surface area contributed by atoms with E-state index in [1.54, 1.807) is 36.4 Å². The molecule has 3 aromatic rings. The van der Waals surface area contributed by atoms with Gasteiger partial charge in [0.25, 0.3) is 0 Å². The molecule has 0 spiro atoms. The van der Waals surface area contributed by atoms with E-state index >= 15 is 0 Å². The number of hydrogen-bond acceptors (Lipinski definition) is 5. The van der Waals surface area contributed by atoms with E-state index in [1.807, 2.05) is 6.92 Å². The Morgan fingerprint density at radius 1 is 1.19 bits per heavy atom. The summed E-state index contributed by atoms with van der Waals surface area (Å²) in [5.74, 6) is 0.321. The minimum atomic E-state index is -0.352. The highest BCUT2D eigenvalue weighted by atomic mass is 35.5. The van der Waals surface area contributed by atoms with Crippen molar-refractivity contribution < 1.29 is 19.0 Å². The van der Waals surface area contributed by atoms with Gasteiger partial charge in [0.1, 0.15) is 5.76 Å². The van der Waals surface area contributed by atoms with E-state index in [4.69, 9.17) is 25.8 Å². The van der Waals surface area contributed by atoms with Crippen molar-refractivity contribution in [3.8, 4) is 17.1 Å². The Morgan fingerprint density at radius 3 is 2.74 bits per heavy atom. The van der Waals surface area contributed by atoms with Gasteiger partial charge in [-0.15, -0.1) is 0 Å². The maximum Gasteiger partial charge on any atom is 0.358 e. The quantitative estimate of drug-likeness (QED) is 0.464. The Morgan fingerprint density at radius 2 is 2.00 bits per heavy atom. The van der Waals surface area contributed by atoms with Crippen LogP contribution in [0.3, 0.4) is 0 Å². The lowest BCUT2D eigenvalue weighted by Gasteiger charge is -2.22. The Labute approximate surface area is 160 Å². The largest absolute Gasteiger partial charge is 0.454 e. The fraction of sp³-hybridized carbons (Fsp3) is 0.238. The summed E-state index contributed by atoms with van der Waals surface area (Å²) in [6.07, 6.45) is 2.71. The molecule has 5 nitrogen and oxygen atoms in total. The summed E-state index contributed by atoms with van der Waals surface area (Å²) in [6, 6.07) is 11.7. The van der Waals surface area contributed by atoms with E-state index in [1.165, 1.54) is 6.07 Å². The van der Waals surface area contributed by atoms with Crippen molar-refractivity contribution in [2.75, 3.05) is 0 Å². The molecule has 1 fully saturated rings. The molecular formula is C21H17ClO5. The molecule has 0 unspecified atom stereocenters. The van der Waals surface area contributed by atoms with Crippen LogP contribution in [0.4, 0.5) is 0 Å². The van der Waals surface area contributed by atoms with E-state index < -0.39 is 0 Å². The van der Waals surface area contributed by atoms with E-state index in [2.05, 4.69) is 0 Å². The lowest BCUT2D eigenvalue weighted by atomic mass is 9.86. The number of benzene rings is 2. The molecule has 0 atom stereocenters. The number of aryl methyl sites for hydroxylation is 1. The van der Waals surface area contributed by atoms with Gasteiger partial charge in [0, 0.05) is 11.6 Å². The van der Waals surface area contributed by atoms with Gasteiger partial charge in [-0.05, 0) is 43.5 Å². The third-order valence-electron chi connectivity index (χ3n) is 4.83. The van der Waals surface area contributed by atoms with Gasteiger partial charge < -0.3 is 4.42 Å². The second-order valence-corrected chi connectivity index (χ2v) is 7.09. The molecule has 0 amide bonds. The van der Waals surface area contributed by atoms with Crippen molar-refractivity contribution in [2.24, 2.45) is 5.92 Å². The van der Waals surface area contributed by atoms with Gasteiger partial charge >= 0.3 is 5.97 Å². The number of hydrogen-bond donors (Lipinski definition) is 0. The fourth-order valence-corrected chi connectivity index (χ4v) is 3.14. The van der Waals surface area contributed by atoms with E-state index in [0.717, 1.165) is 24.8 Å². The Bertz CT molecular complexity index is 1080. The van der Waals surface area contributed by atoms with Crippen LogP contribution in [0, 0.1) is 12.8 Å². The highest BCUT2D eigenvalue weighted by molar-refractivity contribution is 6.34. The normalized spacial score (nSPS) is 14.0. The van der Waals surface area contributed by atoms with Crippen LogP contribution in [0.5, 0.6) is 5.75 Å². The summed E-state index contributed by atoms with van der Waals surface area (Å²) in [4.78, 5) is 34.5. The number of para-hydroxylation sites is 1. The van der Waals surface area contributed by atoms with Crippen molar-refractivity contribution >= 4 is 28.5 Å². The summed E-state index contributed by atoms with van der Waals surface area (Å²) in [7, 11) is 0. The zero-order valence-electron chi connectivity index (χ0n) is 14.7. The third kappa shape index (κ3) is 3.43. The summed E-state index contributed by atoms with van der Waals surface area (Å²) < 4.78 is 5.85. The lowest BCUT2D eigenvalue weighted by Crippen LogP contribution is -2.25. The molecule has 1 aromatic heterocycles. The van der Waals surface area contributed by atoms with Gasteiger partial charge in [0.2, 0.25) is 0 Å². The first-order valence-corrected chi connectivity index (χ1v) is 9.12. The lowest BCUT2D eigenvalue weighted by molar-refractivity contribution is -0.221. The van der Waals surface area contributed by atoms with Crippen LogP contribution in [0.15, 0.2) is 51.7 Å². The standard InChI is InChI=1S/C21H17ClO5/c1-12-8-9-14(10-18(12)26-27-21(24)13-4-2-5-13)19-11-17(23)15-6-3-7-16(22)20(15)25-19/h3,6-11,13H,2,4-5H2,1H3. The number of carbonyl (C=O) groups excluding carboxylic acids is 1. The van der Waals surface area contributed by atoms with E-state index in [-0.39, 0.29) is 17.3 Å². The van der Waals surface area contributed by atoms with Crippen LogP contribution in [0.1, 0.15) is 24.8 Å². The molecule has 6 heteroatoms. The van der Waals surface area contributed by atoms with Crippen LogP contribution in [-0.4, -0.2) is 5.97 Å². The third-order valence-corrected chi connectivity index (χ3v) is 5.13. The summed E-state index contributed by atoms with van der Waals surface area (Å²) in [5.41, 5.74) is 1.56. The molecule has 0 aliphatic heterocycles. The molecule has 0 bridgehead atoms. The molecule has 1 saturated carbocycles.